The van der Waals surface area contributed by atoms with Crippen LogP contribution in [0, 0.1) is 24.4 Å². The average molecular weight is 345 g/mol. The minimum Gasteiger partial charge on any atom is -0.497 e. The van der Waals surface area contributed by atoms with Crippen molar-refractivity contribution >= 4 is 15.9 Å². The summed E-state index contributed by atoms with van der Waals surface area (Å²) in [7, 11) is 1.32. The predicted octanol–water partition coefficient (Wildman–Crippen LogP) is 4.91. The third kappa shape index (κ3) is 2.82. The average Bonchev–Trinajstić information content (AvgIpc) is 2.37. The van der Waals surface area contributed by atoms with Crippen LogP contribution in [0.15, 0.2) is 30.3 Å². The summed E-state index contributed by atoms with van der Waals surface area (Å²) in [5.41, 5.74) is 0.675. The monoisotopic (exact) mass is 344 g/mol. The molecule has 0 bridgehead atoms. The highest BCUT2D eigenvalue weighted by atomic mass is 79.9. The zero-order chi connectivity index (χ0) is 14.9. The van der Waals surface area contributed by atoms with Crippen LogP contribution in [0.5, 0.6) is 5.75 Å². The number of ether oxygens (including phenoxy) is 1. The van der Waals surface area contributed by atoms with Gasteiger partial charge in [-0.15, -0.1) is 0 Å². The van der Waals surface area contributed by atoms with Gasteiger partial charge in [0.25, 0.3) is 0 Å². The molecule has 2 aromatic carbocycles. The summed E-state index contributed by atoms with van der Waals surface area (Å²) in [6.45, 7) is 1.74. The lowest BCUT2D eigenvalue weighted by molar-refractivity contribution is 0.405. The molecule has 1 nitrogen and oxygen atoms in total. The van der Waals surface area contributed by atoms with E-state index in [4.69, 9.17) is 4.74 Å². The van der Waals surface area contributed by atoms with Gasteiger partial charge < -0.3 is 4.74 Å². The lowest BCUT2D eigenvalue weighted by Crippen LogP contribution is -2.04. The molecule has 2 aromatic rings. The molecule has 0 aromatic heterocycles. The lowest BCUT2D eigenvalue weighted by Gasteiger charge is -2.15. The molecule has 20 heavy (non-hydrogen) atoms. The fourth-order valence-electron chi connectivity index (χ4n) is 1.91. The Kier molecular flexibility index (Phi) is 4.38. The van der Waals surface area contributed by atoms with Gasteiger partial charge in [-0.05, 0) is 18.6 Å². The van der Waals surface area contributed by atoms with E-state index in [0.29, 0.717) is 0 Å². The maximum absolute atomic E-state index is 14.0. The van der Waals surface area contributed by atoms with E-state index < -0.39 is 22.3 Å². The second kappa shape index (κ2) is 5.87. The first-order valence-electron chi connectivity index (χ1n) is 5.87. The van der Waals surface area contributed by atoms with E-state index in [9.17, 15) is 13.2 Å². The van der Waals surface area contributed by atoms with E-state index in [2.05, 4.69) is 15.9 Å². The minimum atomic E-state index is -0.908. The van der Waals surface area contributed by atoms with Crippen molar-refractivity contribution in [2.75, 3.05) is 7.11 Å². The van der Waals surface area contributed by atoms with Crippen molar-refractivity contribution < 1.29 is 17.9 Å². The summed E-state index contributed by atoms with van der Waals surface area (Å²) in [4.78, 5) is -0.908. The molecule has 0 spiro atoms. The van der Waals surface area contributed by atoms with Gasteiger partial charge in [-0.3, -0.25) is 0 Å². The highest BCUT2D eigenvalue weighted by molar-refractivity contribution is 9.09. The molecule has 0 saturated heterocycles. The number of halogens is 4. The van der Waals surface area contributed by atoms with E-state index in [1.165, 1.54) is 19.2 Å². The van der Waals surface area contributed by atoms with Crippen molar-refractivity contribution in [1.82, 2.24) is 0 Å². The second-order valence-corrected chi connectivity index (χ2v) is 5.31. The number of methoxy groups -OCH3 is 1. The van der Waals surface area contributed by atoms with E-state index in [1.54, 1.807) is 13.0 Å². The van der Waals surface area contributed by atoms with Crippen molar-refractivity contribution in [2.24, 2.45) is 0 Å². The molecule has 0 heterocycles. The maximum atomic E-state index is 14.0. The van der Waals surface area contributed by atoms with Crippen LogP contribution in [0.2, 0.25) is 0 Å². The Balaban J connectivity index is 2.50. The predicted molar refractivity (Wildman–Crippen MR) is 74.8 cm³/mol. The summed E-state index contributed by atoms with van der Waals surface area (Å²) in [5.74, 6) is -2.01. The van der Waals surface area contributed by atoms with Crippen LogP contribution in [-0.2, 0) is 0 Å². The van der Waals surface area contributed by atoms with Gasteiger partial charge in [0.1, 0.15) is 23.2 Å². The molecular weight excluding hydrogens is 333 g/mol. The Morgan fingerprint density at radius 1 is 1.00 bits per heavy atom. The summed E-state index contributed by atoms with van der Waals surface area (Å²) < 4.78 is 46.6. The third-order valence-corrected chi connectivity index (χ3v) is 3.92. The summed E-state index contributed by atoms with van der Waals surface area (Å²) in [5, 5.41) is 0. The Morgan fingerprint density at radius 2 is 1.60 bits per heavy atom. The van der Waals surface area contributed by atoms with Crippen molar-refractivity contribution in [2.45, 2.75) is 11.8 Å². The van der Waals surface area contributed by atoms with Crippen LogP contribution in [0.1, 0.15) is 21.5 Å². The Morgan fingerprint density at radius 3 is 2.10 bits per heavy atom. The van der Waals surface area contributed by atoms with E-state index in [0.717, 1.165) is 17.7 Å². The van der Waals surface area contributed by atoms with Crippen LogP contribution in [-0.4, -0.2) is 7.11 Å². The molecule has 0 N–H and O–H groups in total. The van der Waals surface area contributed by atoms with E-state index in [1.807, 2.05) is 0 Å². The van der Waals surface area contributed by atoms with Gasteiger partial charge in [0, 0.05) is 23.3 Å². The number of alkyl halides is 1. The van der Waals surface area contributed by atoms with Gasteiger partial charge in [-0.25, -0.2) is 13.2 Å². The van der Waals surface area contributed by atoms with Crippen LogP contribution in [0.4, 0.5) is 13.2 Å². The second-order valence-electron chi connectivity index (χ2n) is 4.39. The normalized spacial score (nSPS) is 12.3. The number of hydrogen-bond acceptors (Lipinski definition) is 1. The molecule has 1 atom stereocenters. The highest BCUT2D eigenvalue weighted by Gasteiger charge is 2.23. The smallest absolute Gasteiger partial charge is 0.134 e. The largest absolute Gasteiger partial charge is 0.497 e. The molecule has 0 aliphatic heterocycles. The summed E-state index contributed by atoms with van der Waals surface area (Å²) in [6.07, 6.45) is 0. The summed E-state index contributed by atoms with van der Waals surface area (Å²) in [6, 6.07) is 6.65. The molecule has 0 radical (unpaired) electrons. The van der Waals surface area contributed by atoms with E-state index >= 15 is 0 Å². The molecule has 0 aliphatic carbocycles. The Labute approximate surface area is 123 Å². The molecule has 0 aliphatic rings. The van der Waals surface area contributed by atoms with Crippen LogP contribution < -0.4 is 4.74 Å². The minimum absolute atomic E-state index is 0.0767. The zero-order valence-electron chi connectivity index (χ0n) is 10.9. The molecule has 106 valence electrons. The first-order chi connectivity index (χ1) is 9.43. The first kappa shape index (κ1) is 14.9. The number of hydrogen-bond donors (Lipinski definition) is 0. The van der Waals surface area contributed by atoms with Crippen molar-refractivity contribution in [3.63, 3.8) is 0 Å². The molecule has 0 saturated carbocycles. The fourth-order valence-corrected chi connectivity index (χ4v) is 2.72. The van der Waals surface area contributed by atoms with Crippen LogP contribution in [0.25, 0.3) is 0 Å². The maximum Gasteiger partial charge on any atom is 0.134 e. The van der Waals surface area contributed by atoms with Gasteiger partial charge in [0.05, 0.1) is 11.9 Å². The van der Waals surface area contributed by atoms with Gasteiger partial charge in [-0.2, -0.15) is 0 Å². The molecule has 1 unspecified atom stereocenters. The first-order valence-corrected chi connectivity index (χ1v) is 6.78. The SMILES string of the molecule is COc1cc(F)c(C(Br)c2ccc(C)cc2F)c(F)c1. The van der Waals surface area contributed by atoms with Crippen LogP contribution in [0.3, 0.4) is 0 Å². The van der Waals surface area contributed by atoms with Crippen molar-refractivity contribution in [1.29, 1.82) is 0 Å². The topological polar surface area (TPSA) is 9.23 Å². The van der Waals surface area contributed by atoms with Crippen LogP contribution >= 0.6 is 15.9 Å². The van der Waals surface area contributed by atoms with E-state index in [-0.39, 0.29) is 16.9 Å². The Hall–Kier alpha value is -1.49. The van der Waals surface area contributed by atoms with Crippen molar-refractivity contribution in [3.8, 4) is 5.75 Å². The molecular formula is C15H12BrF3O. The third-order valence-electron chi connectivity index (χ3n) is 2.97. The molecule has 0 amide bonds. The van der Waals surface area contributed by atoms with Gasteiger partial charge in [0.2, 0.25) is 0 Å². The Bertz CT molecular complexity index is 620. The zero-order valence-corrected chi connectivity index (χ0v) is 12.5. The fraction of sp³-hybridized carbons (Fsp3) is 0.200. The number of benzene rings is 2. The quantitative estimate of drug-likeness (QED) is 0.719. The molecule has 2 rings (SSSR count). The standard InChI is InChI=1S/C15H12BrF3O/c1-8-3-4-10(11(17)5-8)15(16)14-12(18)6-9(20-2)7-13(14)19/h3-7,15H,1-2H3. The number of aryl methyl sites for hydroxylation is 1. The summed E-state index contributed by atoms with van der Waals surface area (Å²) >= 11 is 3.16. The van der Waals surface area contributed by atoms with Crippen molar-refractivity contribution in [3.05, 3.63) is 64.5 Å². The number of rotatable bonds is 3. The molecule has 0 fully saturated rings. The lowest BCUT2D eigenvalue weighted by atomic mass is 10.0. The molecule has 5 heteroatoms. The van der Waals surface area contributed by atoms with Gasteiger partial charge in [0.15, 0.2) is 0 Å². The highest BCUT2D eigenvalue weighted by Crippen LogP contribution is 2.37. The van der Waals surface area contributed by atoms with Gasteiger partial charge >= 0.3 is 0 Å². The van der Waals surface area contributed by atoms with Gasteiger partial charge in [-0.1, -0.05) is 28.1 Å².